The summed E-state index contributed by atoms with van der Waals surface area (Å²) in [6.45, 7) is 2.30. The number of rotatable bonds is 4. The lowest BCUT2D eigenvalue weighted by molar-refractivity contribution is -0.131. The number of hydrogen-bond donors (Lipinski definition) is 1. The molecule has 0 spiro atoms. The Morgan fingerprint density at radius 2 is 1.91 bits per heavy atom. The van der Waals surface area contributed by atoms with Gasteiger partial charge in [-0.05, 0) is 61.8 Å². The molecule has 1 saturated carbocycles. The lowest BCUT2D eigenvalue weighted by Crippen LogP contribution is -2.43. The van der Waals surface area contributed by atoms with Gasteiger partial charge in [0, 0.05) is 31.5 Å². The topological polar surface area (TPSA) is 41.6 Å². The van der Waals surface area contributed by atoms with Gasteiger partial charge in [-0.3, -0.25) is 4.79 Å². The Kier molecular flexibility index (Phi) is 3.97. The second-order valence-corrected chi connectivity index (χ2v) is 6.87. The Balaban J connectivity index is 1.46. The third-order valence-corrected chi connectivity index (χ3v) is 5.23. The van der Waals surface area contributed by atoms with Gasteiger partial charge in [-0.15, -0.1) is 0 Å². The van der Waals surface area contributed by atoms with Gasteiger partial charge in [-0.1, -0.05) is 0 Å². The molecule has 5 heteroatoms. The van der Waals surface area contributed by atoms with Crippen molar-refractivity contribution in [1.82, 2.24) is 4.90 Å². The molecule has 3 aliphatic rings. The van der Waals surface area contributed by atoms with Crippen LogP contribution in [-0.4, -0.2) is 42.6 Å². The Bertz CT molecular complexity index is 597. The molecule has 1 unspecified atom stereocenters. The number of nitrogens with one attached hydrogen (secondary N) is 1. The minimum atomic E-state index is -0.195. The van der Waals surface area contributed by atoms with Crippen molar-refractivity contribution in [2.45, 2.75) is 50.1 Å². The molecule has 1 aliphatic carbocycles. The van der Waals surface area contributed by atoms with Crippen LogP contribution in [0.5, 0.6) is 0 Å². The van der Waals surface area contributed by atoms with Crippen LogP contribution in [0.1, 0.15) is 43.6 Å². The van der Waals surface area contributed by atoms with Crippen LogP contribution in [0.3, 0.4) is 0 Å². The molecule has 1 amide bonds. The molecule has 4 nitrogen and oxygen atoms in total. The van der Waals surface area contributed by atoms with Crippen LogP contribution in [0.2, 0.25) is 0 Å². The van der Waals surface area contributed by atoms with E-state index >= 15 is 0 Å². The summed E-state index contributed by atoms with van der Waals surface area (Å²) in [4.78, 5) is 14.7. The molecule has 0 bridgehead atoms. The zero-order valence-corrected chi connectivity index (χ0v) is 13.3. The number of benzene rings is 1. The van der Waals surface area contributed by atoms with Gasteiger partial charge in [0.1, 0.15) is 11.9 Å². The van der Waals surface area contributed by atoms with E-state index in [2.05, 4.69) is 5.32 Å². The Labute approximate surface area is 136 Å². The van der Waals surface area contributed by atoms with E-state index in [0.717, 1.165) is 63.1 Å². The highest BCUT2D eigenvalue weighted by Gasteiger charge is 2.37. The maximum absolute atomic E-state index is 13.5. The first-order chi connectivity index (χ1) is 11.2. The van der Waals surface area contributed by atoms with E-state index in [1.165, 1.54) is 6.07 Å². The summed E-state index contributed by atoms with van der Waals surface area (Å²) >= 11 is 0. The van der Waals surface area contributed by atoms with Crippen LogP contribution in [0, 0.1) is 5.82 Å². The molecule has 23 heavy (non-hydrogen) atoms. The number of ether oxygens (including phenoxy) is 1. The highest BCUT2D eigenvalue weighted by atomic mass is 19.1. The molecule has 2 saturated heterocycles. The van der Waals surface area contributed by atoms with Crippen LogP contribution in [0.15, 0.2) is 18.2 Å². The van der Waals surface area contributed by atoms with Crippen molar-refractivity contribution in [2.75, 3.05) is 25.1 Å². The molecule has 3 fully saturated rings. The molecule has 2 heterocycles. The van der Waals surface area contributed by atoms with Crippen molar-refractivity contribution in [3.05, 3.63) is 29.6 Å². The zero-order chi connectivity index (χ0) is 15.8. The second-order valence-electron chi connectivity index (χ2n) is 6.87. The summed E-state index contributed by atoms with van der Waals surface area (Å²) in [5, 5.41) is 3.39. The van der Waals surface area contributed by atoms with E-state index < -0.39 is 0 Å². The van der Waals surface area contributed by atoms with E-state index in [0.29, 0.717) is 12.0 Å². The first-order valence-electron chi connectivity index (χ1n) is 8.66. The number of amides is 1. The standard InChI is InChI=1S/C18H23FN2O2/c19-13-3-4-16(15(11-13)12-1-2-12)20-17-5-8-21(18(17)22)14-6-9-23-10-7-14/h3-4,11-12,14,17,20H,1-2,5-10H2. The van der Waals surface area contributed by atoms with E-state index in [4.69, 9.17) is 4.74 Å². The van der Waals surface area contributed by atoms with Crippen molar-refractivity contribution in [3.63, 3.8) is 0 Å². The van der Waals surface area contributed by atoms with Crippen LogP contribution in [0.4, 0.5) is 10.1 Å². The summed E-state index contributed by atoms with van der Waals surface area (Å²) in [5.41, 5.74) is 1.96. The normalized spacial score (nSPS) is 25.9. The molecule has 2 aliphatic heterocycles. The number of anilines is 1. The summed E-state index contributed by atoms with van der Waals surface area (Å²) in [5.74, 6) is 0.443. The highest BCUT2D eigenvalue weighted by Crippen LogP contribution is 2.44. The number of hydrogen-bond acceptors (Lipinski definition) is 3. The van der Waals surface area contributed by atoms with Crippen molar-refractivity contribution in [3.8, 4) is 0 Å². The van der Waals surface area contributed by atoms with E-state index in [-0.39, 0.29) is 17.8 Å². The summed E-state index contributed by atoms with van der Waals surface area (Å²) in [7, 11) is 0. The highest BCUT2D eigenvalue weighted by molar-refractivity contribution is 5.87. The number of carbonyl (C=O) groups excluding carboxylic acids is 1. The minimum Gasteiger partial charge on any atom is -0.381 e. The van der Waals surface area contributed by atoms with Crippen LogP contribution in [-0.2, 0) is 9.53 Å². The molecule has 1 N–H and O–H groups in total. The Morgan fingerprint density at radius 1 is 1.13 bits per heavy atom. The molecule has 0 radical (unpaired) electrons. The van der Waals surface area contributed by atoms with E-state index in [1.54, 1.807) is 12.1 Å². The molecule has 4 rings (SSSR count). The first-order valence-corrected chi connectivity index (χ1v) is 8.66. The fourth-order valence-electron chi connectivity index (χ4n) is 3.78. The maximum atomic E-state index is 13.5. The smallest absolute Gasteiger partial charge is 0.245 e. The third-order valence-electron chi connectivity index (χ3n) is 5.23. The van der Waals surface area contributed by atoms with Crippen LogP contribution < -0.4 is 5.32 Å². The molecule has 1 aromatic carbocycles. The second kappa shape index (κ2) is 6.11. The number of carbonyl (C=O) groups is 1. The summed E-state index contributed by atoms with van der Waals surface area (Å²) < 4.78 is 18.9. The van der Waals surface area contributed by atoms with Gasteiger partial charge in [0.2, 0.25) is 5.91 Å². The monoisotopic (exact) mass is 318 g/mol. The largest absolute Gasteiger partial charge is 0.381 e. The van der Waals surface area contributed by atoms with Crippen LogP contribution in [0.25, 0.3) is 0 Å². The molecule has 1 atom stereocenters. The lowest BCUT2D eigenvalue weighted by atomic mass is 10.1. The van der Waals surface area contributed by atoms with Gasteiger partial charge in [0.05, 0.1) is 0 Å². The van der Waals surface area contributed by atoms with Gasteiger partial charge in [0.25, 0.3) is 0 Å². The summed E-state index contributed by atoms with van der Waals surface area (Å²) in [6.07, 6.45) is 4.91. The fraction of sp³-hybridized carbons (Fsp3) is 0.611. The van der Waals surface area contributed by atoms with Gasteiger partial charge in [-0.25, -0.2) is 4.39 Å². The number of halogens is 1. The van der Waals surface area contributed by atoms with Crippen molar-refractivity contribution in [1.29, 1.82) is 0 Å². The molecule has 0 aromatic heterocycles. The molecule has 1 aromatic rings. The van der Waals surface area contributed by atoms with Gasteiger partial charge in [0.15, 0.2) is 0 Å². The first kappa shape index (κ1) is 14.9. The SMILES string of the molecule is O=C1C(Nc2ccc(F)cc2C2CC2)CCN1C1CCOCC1. The van der Waals surface area contributed by atoms with Gasteiger partial charge < -0.3 is 15.0 Å². The lowest BCUT2D eigenvalue weighted by Gasteiger charge is -2.31. The van der Waals surface area contributed by atoms with E-state index in [1.807, 2.05) is 4.90 Å². The quantitative estimate of drug-likeness (QED) is 0.928. The van der Waals surface area contributed by atoms with Crippen molar-refractivity contribution < 1.29 is 13.9 Å². The molecular formula is C18H23FN2O2. The minimum absolute atomic E-state index is 0.180. The predicted octanol–water partition coefficient (Wildman–Crippen LogP) is 2.89. The van der Waals surface area contributed by atoms with E-state index in [9.17, 15) is 9.18 Å². The van der Waals surface area contributed by atoms with Crippen molar-refractivity contribution >= 4 is 11.6 Å². The zero-order valence-electron chi connectivity index (χ0n) is 13.3. The van der Waals surface area contributed by atoms with Crippen LogP contribution >= 0.6 is 0 Å². The fourth-order valence-corrected chi connectivity index (χ4v) is 3.78. The van der Waals surface area contributed by atoms with Crippen molar-refractivity contribution in [2.24, 2.45) is 0 Å². The average Bonchev–Trinajstić information content (AvgIpc) is 3.35. The summed E-state index contributed by atoms with van der Waals surface area (Å²) in [6, 6.07) is 5.02. The number of likely N-dealkylation sites (tertiary alicyclic amines) is 1. The molecule has 124 valence electrons. The molecular weight excluding hydrogens is 295 g/mol. The Hall–Kier alpha value is -1.62. The predicted molar refractivity (Wildman–Crippen MR) is 86.0 cm³/mol. The Morgan fingerprint density at radius 3 is 2.65 bits per heavy atom. The maximum Gasteiger partial charge on any atom is 0.245 e. The van der Waals surface area contributed by atoms with Gasteiger partial charge in [-0.2, -0.15) is 0 Å². The third kappa shape index (κ3) is 3.07. The average molecular weight is 318 g/mol. The van der Waals surface area contributed by atoms with Gasteiger partial charge >= 0.3 is 0 Å². The number of nitrogens with zero attached hydrogens (tertiary/aromatic N) is 1.